The third-order valence-corrected chi connectivity index (χ3v) is 5.18. The van der Waals surface area contributed by atoms with Gasteiger partial charge in [0, 0.05) is 25.4 Å². The average molecular weight is 449 g/mol. The number of nitrogens with one attached hydrogen (secondary N) is 2. The Hall–Kier alpha value is -2.98. The quantitative estimate of drug-likeness (QED) is 0.541. The number of carbonyl (C=O) groups is 2. The van der Waals surface area contributed by atoms with Crippen molar-refractivity contribution in [3.63, 3.8) is 0 Å². The second-order valence-corrected chi connectivity index (χ2v) is 7.47. The van der Waals surface area contributed by atoms with Crippen LogP contribution in [0.25, 0.3) is 11.5 Å². The van der Waals surface area contributed by atoms with Crippen LogP contribution in [-0.2, 0) is 11.3 Å². The molecule has 2 N–H and O–H groups in total. The van der Waals surface area contributed by atoms with E-state index in [2.05, 4.69) is 25.6 Å². The number of rotatable bonds is 8. The normalized spacial score (nSPS) is 10.7. The van der Waals surface area contributed by atoms with Gasteiger partial charge in [-0.05, 0) is 26.0 Å². The van der Waals surface area contributed by atoms with Crippen molar-refractivity contribution in [3.05, 3.63) is 40.2 Å². The maximum atomic E-state index is 12.7. The molecule has 3 rings (SSSR count). The summed E-state index contributed by atoms with van der Waals surface area (Å²) in [6, 6.07) is 3.52. The predicted molar refractivity (Wildman–Crippen MR) is 116 cm³/mol. The van der Waals surface area contributed by atoms with E-state index in [4.69, 9.17) is 16.0 Å². The topological polar surface area (TPSA) is 113 Å². The van der Waals surface area contributed by atoms with Gasteiger partial charge in [-0.2, -0.15) is 0 Å². The highest BCUT2D eigenvalue weighted by Gasteiger charge is 2.18. The van der Waals surface area contributed by atoms with Gasteiger partial charge in [0.05, 0.1) is 17.8 Å². The zero-order valence-corrected chi connectivity index (χ0v) is 18.3. The Morgan fingerprint density at radius 3 is 2.70 bits per heavy atom. The van der Waals surface area contributed by atoms with Crippen molar-refractivity contribution in [1.82, 2.24) is 20.3 Å². The molecule has 3 aromatic heterocycles. The van der Waals surface area contributed by atoms with Gasteiger partial charge in [-0.3, -0.25) is 14.9 Å². The van der Waals surface area contributed by atoms with Gasteiger partial charge in [0.25, 0.3) is 5.91 Å². The number of thiazole rings is 1. The first-order valence-electron chi connectivity index (χ1n) is 9.29. The minimum absolute atomic E-state index is 0.0842. The Bertz CT molecular complexity index is 1050. The van der Waals surface area contributed by atoms with Crippen LogP contribution in [-0.4, -0.2) is 39.9 Å². The van der Waals surface area contributed by atoms with Crippen molar-refractivity contribution in [2.75, 3.05) is 23.3 Å². The molecule has 0 spiro atoms. The van der Waals surface area contributed by atoms with Crippen LogP contribution in [0.1, 0.15) is 37.0 Å². The molecule has 0 aromatic carbocycles. The molecule has 3 aromatic rings. The SMILES string of the molecule is CCN(CC)c1ncc(Cl)c(C(=O)Nc2nc(-c3ccc(CNC(C)=O)o3)cs2)n1. The third-order valence-electron chi connectivity index (χ3n) is 4.14. The molecule has 11 heteroatoms. The zero-order chi connectivity index (χ0) is 21.7. The third kappa shape index (κ3) is 5.14. The van der Waals surface area contributed by atoms with E-state index in [0.717, 1.165) is 0 Å². The highest BCUT2D eigenvalue weighted by atomic mass is 35.5. The minimum atomic E-state index is -0.470. The van der Waals surface area contributed by atoms with Crippen molar-refractivity contribution in [2.24, 2.45) is 0 Å². The van der Waals surface area contributed by atoms with Crippen LogP contribution in [0.2, 0.25) is 5.02 Å². The number of carbonyl (C=O) groups excluding carboxylic acids is 2. The van der Waals surface area contributed by atoms with Gasteiger partial charge >= 0.3 is 0 Å². The number of hydrogen-bond donors (Lipinski definition) is 2. The summed E-state index contributed by atoms with van der Waals surface area (Å²) in [5.74, 6) is 0.977. The van der Waals surface area contributed by atoms with Crippen LogP contribution in [0, 0.1) is 0 Å². The maximum Gasteiger partial charge on any atom is 0.277 e. The van der Waals surface area contributed by atoms with Crippen molar-refractivity contribution in [3.8, 4) is 11.5 Å². The zero-order valence-electron chi connectivity index (χ0n) is 16.7. The fourth-order valence-electron chi connectivity index (χ4n) is 2.60. The Labute approximate surface area is 182 Å². The van der Waals surface area contributed by atoms with Gasteiger partial charge in [-0.25, -0.2) is 15.0 Å². The highest BCUT2D eigenvalue weighted by molar-refractivity contribution is 7.14. The van der Waals surface area contributed by atoms with Crippen molar-refractivity contribution in [2.45, 2.75) is 27.3 Å². The predicted octanol–water partition coefficient (Wildman–Crippen LogP) is 3.58. The van der Waals surface area contributed by atoms with Gasteiger partial charge < -0.3 is 14.6 Å². The van der Waals surface area contributed by atoms with Gasteiger partial charge in [0.1, 0.15) is 11.5 Å². The lowest BCUT2D eigenvalue weighted by Crippen LogP contribution is -2.25. The molecule has 0 aliphatic rings. The first-order chi connectivity index (χ1) is 14.4. The van der Waals surface area contributed by atoms with E-state index in [1.165, 1.54) is 24.5 Å². The smallest absolute Gasteiger partial charge is 0.277 e. The molecule has 0 bridgehead atoms. The van der Waals surface area contributed by atoms with Crippen LogP contribution in [0.5, 0.6) is 0 Å². The number of furan rings is 1. The molecule has 3 heterocycles. The largest absolute Gasteiger partial charge is 0.458 e. The van der Waals surface area contributed by atoms with Crippen molar-refractivity contribution >= 4 is 45.8 Å². The molecule has 0 aliphatic carbocycles. The molecule has 0 unspecified atom stereocenters. The summed E-state index contributed by atoms with van der Waals surface area (Å²) in [4.78, 5) is 38.5. The van der Waals surface area contributed by atoms with Gasteiger partial charge in [-0.15, -0.1) is 11.3 Å². The first-order valence-corrected chi connectivity index (χ1v) is 10.5. The lowest BCUT2D eigenvalue weighted by atomic mass is 10.3. The van der Waals surface area contributed by atoms with Crippen LogP contribution in [0.3, 0.4) is 0 Å². The Morgan fingerprint density at radius 2 is 2.00 bits per heavy atom. The number of aromatic nitrogens is 3. The summed E-state index contributed by atoms with van der Waals surface area (Å²) in [6.07, 6.45) is 1.42. The van der Waals surface area contributed by atoms with Crippen LogP contribution in [0.15, 0.2) is 28.1 Å². The molecule has 2 amide bonds. The van der Waals surface area contributed by atoms with E-state index in [1.54, 1.807) is 17.5 Å². The summed E-state index contributed by atoms with van der Waals surface area (Å²) >= 11 is 7.39. The molecular weight excluding hydrogens is 428 g/mol. The number of anilines is 2. The second-order valence-electron chi connectivity index (χ2n) is 6.21. The molecule has 0 aliphatic heterocycles. The summed E-state index contributed by atoms with van der Waals surface area (Å²) in [5.41, 5.74) is 0.655. The number of amides is 2. The van der Waals surface area contributed by atoms with E-state index in [0.29, 0.717) is 47.9 Å². The minimum Gasteiger partial charge on any atom is -0.458 e. The first kappa shape index (κ1) is 21.7. The fourth-order valence-corrected chi connectivity index (χ4v) is 3.47. The molecule has 0 radical (unpaired) electrons. The number of nitrogens with zero attached hydrogens (tertiary/aromatic N) is 4. The highest BCUT2D eigenvalue weighted by Crippen LogP contribution is 2.27. The fraction of sp³-hybridized carbons (Fsp3) is 0.316. The lowest BCUT2D eigenvalue weighted by molar-refractivity contribution is -0.119. The van der Waals surface area contributed by atoms with Gasteiger partial charge in [0.15, 0.2) is 16.6 Å². The molecule has 0 saturated carbocycles. The van der Waals surface area contributed by atoms with E-state index in [9.17, 15) is 9.59 Å². The molecule has 9 nitrogen and oxygen atoms in total. The van der Waals surface area contributed by atoms with Crippen molar-refractivity contribution in [1.29, 1.82) is 0 Å². The lowest BCUT2D eigenvalue weighted by Gasteiger charge is -2.18. The summed E-state index contributed by atoms with van der Waals surface area (Å²) < 4.78 is 5.68. The van der Waals surface area contributed by atoms with Crippen LogP contribution in [0.4, 0.5) is 11.1 Å². The second kappa shape index (κ2) is 9.68. The Morgan fingerprint density at radius 1 is 1.23 bits per heavy atom. The summed E-state index contributed by atoms with van der Waals surface area (Å²) in [7, 11) is 0. The number of halogens is 1. The van der Waals surface area contributed by atoms with E-state index < -0.39 is 5.91 Å². The molecule has 0 fully saturated rings. The summed E-state index contributed by atoms with van der Waals surface area (Å²) in [6.45, 7) is 7.12. The molecule has 0 atom stereocenters. The van der Waals surface area contributed by atoms with E-state index >= 15 is 0 Å². The van der Waals surface area contributed by atoms with E-state index in [1.807, 2.05) is 18.7 Å². The Kier molecular flexibility index (Phi) is 7.01. The number of hydrogen-bond acceptors (Lipinski definition) is 8. The summed E-state index contributed by atoms with van der Waals surface area (Å²) in [5, 5.41) is 7.69. The van der Waals surface area contributed by atoms with Crippen LogP contribution >= 0.6 is 22.9 Å². The molecule has 158 valence electrons. The maximum absolute atomic E-state index is 12.7. The van der Waals surface area contributed by atoms with Crippen LogP contribution < -0.4 is 15.5 Å². The average Bonchev–Trinajstić information content (AvgIpc) is 3.37. The molecule has 0 saturated heterocycles. The monoisotopic (exact) mass is 448 g/mol. The van der Waals surface area contributed by atoms with Gasteiger partial charge in [0.2, 0.25) is 11.9 Å². The molecule has 30 heavy (non-hydrogen) atoms. The molecular formula is C19H21ClN6O3S. The Balaban J connectivity index is 1.72. The standard InChI is InChI=1S/C19H21ClN6O3S/c1-4-26(5-2)18-22-9-13(20)16(24-18)17(28)25-19-23-14(10-30-19)15-7-6-12(29-15)8-21-11(3)27/h6-7,9-10H,4-5,8H2,1-3H3,(H,21,27)(H,23,25,28). The van der Waals surface area contributed by atoms with Gasteiger partial charge in [-0.1, -0.05) is 11.6 Å². The van der Waals surface area contributed by atoms with E-state index in [-0.39, 0.29) is 16.6 Å². The van der Waals surface area contributed by atoms with Crippen molar-refractivity contribution < 1.29 is 14.0 Å².